The average molecular weight is 337 g/mol. The van der Waals surface area contributed by atoms with Crippen LogP contribution in [-0.4, -0.2) is 17.2 Å². The van der Waals surface area contributed by atoms with Gasteiger partial charge in [0.1, 0.15) is 5.75 Å². The minimum atomic E-state index is 0.109. The summed E-state index contributed by atoms with van der Waals surface area (Å²) < 4.78 is 5.36. The molecule has 3 N–H and O–H groups in total. The molecule has 0 spiro atoms. The van der Waals surface area contributed by atoms with Crippen molar-refractivity contribution in [2.24, 2.45) is 5.73 Å². The second-order valence-corrected chi connectivity index (χ2v) is 6.46. The van der Waals surface area contributed by atoms with Gasteiger partial charge in [0, 0.05) is 5.56 Å². The normalized spacial score (nSPS) is 19.0. The molecular formula is C19H19N3OS. The average Bonchev–Trinajstić information content (AvgIpc) is 3.02. The Hall–Kier alpha value is -2.37. The lowest BCUT2D eigenvalue weighted by molar-refractivity contribution is 0.413. The number of hydrazine groups is 1. The fourth-order valence-corrected chi connectivity index (χ4v) is 3.75. The summed E-state index contributed by atoms with van der Waals surface area (Å²) in [5.74, 6) is 0.880. The van der Waals surface area contributed by atoms with E-state index in [4.69, 9.17) is 22.7 Å². The molecule has 1 atom stereocenters. The molecule has 1 aliphatic carbocycles. The molecule has 0 radical (unpaired) electrons. The maximum Gasteiger partial charge on any atom is 0.185 e. The summed E-state index contributed by atoms with van der Waals surface area (Å²) in [5.41, 5.74) is 15.6. The van der Waals surface area contributed by atoms with Crippen molar-refractivity contribution in [2.45, 2.75) is 18.9 Å². The summed E-state index contributed by atoms with van der Waals surface area (Å²) in [6.07, 6.45) is 1.96. The van der Waals surface area contributed by atoms with E-state index in [2.05, 4.69) is 41.8 Å². The molecule has 4 nitrogen and oxygen atoms in total. The summed E-state index contributed by atoms with van der Waals surface area (Å²) >= 11 is 5.29. The molecule has 1 unspecified atom stereocenters. The summed E-state index contributed by atoms with van der Waals surface area (Å²) in [5, 5.41) is 2.19. The van der Waals surface area contributed by atoms with Gasteiger partial charge < -0.3 is 10.5 Å². The number of ether oxygens (including phenoxy) is 1. The fraction of sp³-hybridized carbons (Fsp3) is 0.211. The third-order valence-corrected chi connectivity index (χ3v) is 4.90. The monoisotopic (exact) mass is 337 g/mol. The van der Waals surface area contributed by atoms with E-state index < -0.39 is 0 Å². The minimum absolute atomic E-state index is 0.109. The number of hydrogen-bond donors (Lipinski definition) is 2. The van der Waals surface area contributed by atoms with Gasteiger partial charge in [0.05, 0.1) is 18.8 Å². The van der Waals surface area contributed by atoms with Gasteiger partial charge in [0.15, 0.2) is 5.11 Å². The van der Waals surface area contributed by atoms with Gasteiger partial charge in [-0.1, -0.05) is 30.3 Å². The smallest absolute Gasteiger partial charge is 0.185 e. The van der Waals surface area contributed by atoms with Crippen molar-refractivity contribution in [3.8, 4) is 5.75 Å². The first-order valence-electron chi connectivity index (χ1n) is 8.00. The number of thiocarbonyl (C=S) groups is 1. The van der Waals surface area contributed by atoms with Crippen molar-refractivity contribution in [3.63, 3.8) is 0 Å². The van der Waals surface area contributed by atoms with E-state index in [-0.39, 0.29) is 6.04 Å². The van der Waals surface area contributed by atoms with Crippen LogP contribution in [0.25, 0.3) is 5.70 Å². The molecule has 2 aromatic carbocycles. The molecule has 4 rings (SSSR count). The number of rotatable bonds is 2. The minimum Gasteiger partial charge on any atom is -0.497 e. The van der Waals surface area contributed by atoms with Gasteiger partial charge in [-0.25, -0.2) is 5.43 Å². The first kappa shape index (κ1) is 15.2. The van der Waals surface area contributed by atoms with Crippen LogP contribution in [0.2, 0.25) is 0 Å². The van der Waals surface area contributed by atoms with Crippen LogP contribution < -0.4 is 15.9 Å². The molecule has 122 valence electrons. The lowest BCUT2D eigenvalue weighted by Gasteiger charge is -2.25. The quantitative estimate of drug-likeness (QED) is 0.825. The maximum absolute atomic E-state index is 5.99. The highest BCUT2D eigenvalue weighted by atomic mass is 32.1. The third-order valence-electron chi connectivity index (χ3n) is 4.72. The van der Waals surface area contributed by atoms with Crippen molar-refractivity contribution < 1.29 is 4.74 Å². The number of aryl methyl sites for hydroxylation is 1. The number of nitrogens with zero attached hydrogens (tertiary/aromatic N) is 1. The summed E-state index contributed by atoms with van der Waals surface area (Å²) in [6, 6.07) is 16.7. The summed E-state index contributed by atoms with van der Waals surface area (Å²) in [4.78, 5) is 0. The zero-order valence-corrected chi connectivity index (χ0v) is 14.3. The van der Waals surface area contributed by atoms with Gasteiger partial charge in [-0.3, -0.25) is 5.01 Å². The lowest BCUT2D eigenvalue weighted by atomic mass is 9.85. The molecule has 5 heteroatoms. The predicted octanol–water partition coefficient (Wildman–Crippen LogP) is 3.16. The number of fused-ring (bicyclic) bond motifs is 2. The van der Waals surface area contributed by atoms with Crippen molar-refractivity contribution in [2.75, 3.05) is 7.11 Å². The number of methoxy groups -OCH3 is 1. The molecule has 0 aromatic heterocycles. The largest absolute Gasteiger partial charge is 0.497 e. The van der Waals surface area contributed by atoms with Gasteiger partial charge in [0.2, 0.25) is 0 Å². The Morgan fingerprint density at radius 2 is 2.00 bits per heavy atom. The van der Waals surface area contributed by atoms with E-state index in [1.54, 1.807) is 7.11 Å². The molecule has 2 aromatic rings. The van der Waals surface area contributed by atoms with Crippen molar-refractivity contribution in [1.29, 1.82) is 0 Å². The van der Waals surface area contributed by atoms with Crippen LogP contribution in [0.15, 0.2) is 54.1 Å². The molecule has 1 aliphatic heterocycles. The van der Waals surface area contributed by atoms with Crippen molar-refractivity contribution in [1.82, 2.24) is 10.4 Å². The molecule has 0 saturated heterocycles. The number of nitrogens with one attached hydrogen (secondary N) is 1. The van der Waals surface area contributed by atoms with Crippen LogP contribution in [0.4, 0.5) is 0 Å². The molecule has 24 heavy (non-hydrogen) atoms. The van der Waals surface area contributed by atoms with Gasteiger partial charge >= 0.3 is 0 Å². The number of benzene rings is 2. The molecule has 2 aliphatic rings. The molecular weight excluding hydrogens is 318 g/mol. The second-order valence-electron chi connectivity index (χ2n) is 6.04. The van der Waals surface area contributed by atoms with E-state index in [9.17, 15) is 0 Å². The van der Waals surface area contributed by atoms with E-state index in [1.165, 1.54) is 22.3 Å². The van der Waals surface area contributed by atoms with E-state index in [1.807, 2.05) is 17.1 Å². The lowest BCUT2D eigenvalue weighted by Crippen LogP contribution is -2.41. The van der Waals surface area contributed by atoms with Crippen molar-refractivity contribution >= 4 is 23.0 Å². The van der Waals surface area contributed by atoms with Crippen LogP contribution in [0.5, 0.6) is 5.75 Å². The SMILES string of the molecule is COc1ccc2c(c1)CCC1=C2N(C(N)=S)NC1c1ccccc1. The predicted molar refractivity (Wildman–Crippen MR) is 99.2 cm³/mol. The first-order valence-corrected chi connectivity index (χ1v) is 8.41. The number of nitrogens with two attached hydrogens (primary N) is 1. The van der Waals surface area contributed by atoms with Crippen LogP contribution in [0, 0.1) is 0 Å². The fourth-order valence-electron chi connectivity index (χ4n) is 3.61. The third kappa shape index (κ3) is 2.37. The zero-order valence-electron chi connectivity index (χ0n) is 13.5. The highest BCUT2D eigenvalue weighted by Crippen LogP contribution is 2.44. The van der Waals surface area contributed by atoms with Crippen LogP contribution in [0.3, 0.4) is 0 Å². The molecule has 1 heterocycles. The van der Waals surface area contributed by atoms with E-state index in [0.29, 0.717) is 5.11 Å². The summed E-state index contributed by atoms with van der Waals surface area (Å²) in [6.45, 7) is 0. The summed E-state index contributed by atoms with van der Waals surface area (Å²) in [7, 11) is 1.69. The molecule has 0 bridgehead atoms. The Labute approximate surface area is 146 Å². The Morgan fingerprint density at radius 3 is 2.71 bits per heavy atom. The Bertz CT molecular complexity index is 832. The Balaban J connectivity index is 1.85. The first-order chi connectivity index (χ1) is 11.7. The van der Waals surface area contributed by atoms with Gasteiger partial charge in [-0.15, -0.1) is 0 Å². The highest BCUT2D eigenvalue weighted by Gasteiger charge is 2.37. The number of hydrogen-bond acceptors (Lipinski definition) is 3. The standard InChI is InChI=1S/C19H19N3OS/c1-23-14-8-10-15-13(11-14)7-9-16-17(12-5-3-2-4-6-12)21-22(18(15)16)19(20)24/h2-6,8,10-11,17,21H,7,9H2,1H3,(H2,20,24). The Morgan fingerprint density at radius 1 is 1.21 bits per heavy atom. The molecule has 0 saturated carbocycles. The maximum atomic E-state index is 5.99. The topological polar surface area (TPSA) is 50.5 Å². The highest BCUT2D eigenvalue weighted by molar-refractivity contribution is 7.80. The van der Waals surface area contributed by atoms with Gasteiger partial charge in [0.25, 0.3) is 0 Å². The molecule has 0 amide bonds. The zero-order chi connectivity index (χ0) is 16.7. The van der Waals surface area contributed by atoms with E-state index in [0.717, 1.165) is 24.3 Å². The van der Waals surface area contributed by atoms with Gasteiger partial charge in [-0.2, -0.15) is 0 Å². The second kappa shape index (κ2) is 5.92. The van der Waals surface area contributed by atoms with Crippen LogP contribution in [0.1, 0.15) is 29.2 Å². The Kier molecular flexibility index (Phi) is 3.75. The van der Waals surface area contributed by atoms with Crippen LogP contribution in [-0.2, 0) is 6.42 Å². The van der Waals surface area contributed by atoms with Crippen LogP contribution >= 0.6 is 12.2 Å². The van der Waals surface area contributed by atoms with Gasteiger partial charge in [-0.05, 0) is 60.0 Å². The molecule has 0 fully saturated rings. The van der Waals surface area contributed by atoms with Crippen molar-refractivity contribution in [3.05, 3.63) is 70.8 Å². The van der Waals surface area contributed by atoms with E-state index >= 15 is 0 Å².